The second kappa shape index (κ2) is 7.13. The molecule has 1 aromatic carbocycles. The zero-order valence-corrected chi connectivity index (χ0v) is 10.7. The molecule has 1 unspecified atom stereocenters. The van der Waals surface area contributed by atoms with Crippen LogP contribution in [0.5, 0.6) is 0 Å². The van der Waals surface area contributed by atoms with Crippen LogP contribution in [0.15, 0.2) is 24.3 Å². The van der Waals surface area contributed by atoms with Gasteiger partial charge in [0.05, 0.1) is 11.1 Å². The number of nitrogens with one attached hydrogen (secondary N) is 1. The molecule has 0 fully saturated rings. The number of aliphatic hydroxyl groups is 1. The molecule has 1 amide bonds. The number of carbonyl (C=O) groups is 1. The van der Waals surface area contributed by atoms with Crippen molar-refractivity contribution in [2.24, 2.45) is 0 Å². The van der Waals surface area contributed by atoms with Gasteiger partial charge in [0.1, 0.15) is 5.82 Å². The molecule has 98 valence electrons. The van der Waals surface area contributed by atoms with Gasteiger partial charge in [0.25, 0.3) is 0 Å². The Balaban J connectivity index is 2.48. The van der Waals surface area contributed by atoms with E-state index in [1.165, 1.54) is 24.3 Å². The largest absolute Gasteiger partial charge is 0.393 e. The Bertz CT molecular complexity index is 447. The van der Waals surface area contributed by atoms with Crippen LogP contribution in [0.3, 0.4) is 0 Å². The fourth-order valence-electron chi connectivity index (χ4n) is 1.25. The summed E-state index contributed by atoms with van der Waals surface area (Å²) in [6.07, 6.45) is 2.95. The Morgan fingerprint density at radius 2 is 2.33 bits per heavy atom. The van der Waals surface area contributed by atoms with Gasteiger partial charge in [-0.2, -0.15) is 0 Å². The van der Waals surface area contributed by atoms with Crippen LogP contribution in [0.2, 0.25) is 5.02 Å². The molecule has 0 spiro atoms. The highest BCUT2D eigenvalue weighted by Crippen LogP contribution is 2.16. The lowest BCUT2D eigenvalue weighted by Crippen LogP contribution is -2.24. The van der Waals surface area contributed by atoms with E-state index in [0.717, 1.165) is 0 Å². The molecule has 0 bridgehead atoms. The van der Waals surface area contributed by atoms with E-state index in [1.807, 2.05) is 0 Å². The number of amides is 1. The van der Waals surface area contributed by atoms with Gasteiger partial charge in [0, 0.05) is 12.6 Å². The highest BCUT2D eigenvalue weighted by molar-refractivity contribution is 6.30. The Hall–Kier alpha value is -1.39. The summed E-state index contributed by atoms with van der Waals surface area (Å²) in [5, 5.41) is 11.6. The van der Waals surface area contributed by atoms with Crippen LogP contribution >= 0.6 is 11.6 Å². The van der Waals surface area contributed by atoms with Crippen LogP contribution in [0, 0.1) is 5.82 Å². The maximum absolute atomic E-state index is 12.9. The third-order valence-corrected chi connectivity index (χ3v) is 2.52. The fraction of sp³-hybridized carbons (Fsp3) is 0.308. The molecule has 0 aliphatic heterocycles. The predicted molar refractivity (Wildman–Crippen MR) is 69.8 cm³/mol. The SMILES string of the molecule is CC(O)CCNC(=O)C=Cc1ccc(F)c(Cl)c1. The summed E-state index contributed by atoms with van der Waals surface area (Å²) >= 11 is 5.61. The zero-order valence-electron chi connectivity index (χ0n) is 9.99. The van der Waals surface area contributed by atoms with Crippen LogP contribution in [-0.2, 0) is 4.79 Å². The first-order valence-corrected chi connectivity index (χ1v) is 5.96. The van der Waals surface area contributed by atoms with E-state index in [-0.39, 0.29) is 10.9 Å². The second-order valence-corrected chi connectivity index (χ2v) is 4.34. The fourth-order valence-corrected chi connectivity index (χ4v) is 1.44. The molecule has 1 atom stereocenters. The number of carbonyl (C=O) groups excluding carboxylic acids is 1. The normalized spacial score (nSPS) is 12.7. The number of halogens is 2. The van der Waals surface area contributed by atoms with Gasteiger partial charge in [-0.15, -0.1) is 0 Å². The molecule has 0 aliphatic rings. The molecule has 5 heteroatoms. The maximum Gasteiger partial charge on any atom is 0.244 e. The van der Waals surface area contributed by atoms with Gasteiger partial charge < -0.3 is 10.4 Å². The number of rotatable bonds is 5. The van der Waals surface area contributed by atoms with E-state index < -0.39 is 11.9 Å². The van der Waals surface area contributed by atoms with Gasteiger partial charge >= 0.3 is 0 Å². The lowest BCUT2D eigenvalue weighted by atomic mass is 10.2. The number of hydrogen-bond acceptors (Lipinski definition) is 2. The average molecular weight is 272 g/mol. The first-order valence-electron chi connectivity index (χ1n) is 5.58. The summed E-state index contributed by atoms with van der Waals surface area (Å²) in [5.41, 5.74) is 0.645. The highest BCUT2D eigenvalue weighted by Gasteiger charge is 2.00. The smallest absolute Gasteiger partial charge is 0.244 e. The van der Waals surface area contributed by atoms with Crippen LogP contribution in [0.25, 0.3) is 6.08 Å². The van der Waals surface area contributed by atoms with Crippen LogP contribution < -0.4 is 5.32 Å². The topological polar surface area (TPSA) is 49.3 Å². The monoisotopic (exact) mass is 271 g/mol. The second-order valence-electron chi connectivity index (χ2n) is 3.94. The first-order chi connectivity index (χ1) is 8.49. The van der Waals surface area contributed by atoms with E-state index in [4.69, 9.17) is 16.7 Å². The molecule has 0 heterocycles. The Kier molecular flexibility index (Phi) is 5.82. The van der Waals surface area contributed by atoms with Crippen LogP contribution in [-0.4, -0.2) is 23.7 Å². The van der Waals surface area contributed by atoms with Crippen LogP contribution in [0.1, 0.15) is 18.9 Å². The summed E-state index contributed by atoms with van der Waals surface area (Å²) in [6.45, 7) is 2.06. The summed E-state index contributed by atoms with van der Waals surface area (Å²) < 4.78 is 12.9. The zero-order chi connectivity index (χ0) is 13.5. The van der Waals surface area contributed by atoms with Crippen molar-refractivity contribution >= 4 is 23.6 Å². The van der Waals surface area contributed by atoms with E-state index in [9.17, 15) is 9.18 Å². The van der Waals surface area contributed by atoms with Gasteiger partial charge in [-0.1, -0.05) is 17.7 Å². The molecule has 18 heavy (non-hydrogen) atoms. The molecule has 2 N–H and O–H groups in total. The number of hydrogen-bond donors (Lipinski definition) is 2. The molecule has 1 rings (SSSR count). The van der Waals surface area contributed by atoms with E-state index in [0.29, 0.717) is 18.5 Å². The van der Waals surface area contributed by atoms with Crippen LogP contribution in [0.4, 0.5) is 4.39 Å². The van der Waals surface area contributed by atoms with Crippen molar-refractivity contribution in [2.75, 3.05) is 6.54 Å². The standard InChI is InChI=1S/C13H15ClFNO2/c1-9(17)6-7-16-13(18)5-3-10-2-4-12(15)11(14)8-10/h2-5,8-9,17H,6-7H2,1H3,(H,16,18). The summed E-state index contributed by atoms with van der Waals surface area (Å²) in [4.78, 5) is 11.4. The summed E-state index contributed by atoms with van der Waals surface area (Å²) in [7, 11) is 0. The molecule has 0 aromatic heterocycles. The molecule has 0 aliphatic carbocycles. The predicted octanol–water partition coefficient (Wildman–Crippen LogP) is 2.38. The van der Waals surface area contributed by atoms with Crippen molar-refractivity contribution < 1.29 is 14.3 Å². The average Bonchev–Trinajstić information content (AvgIpc) is 2.30. The lowest BCUT2D eigenvalue weighted by Gasteiger charge is -2.04. The summed E-state index contributed by atoms with van der Waals surface area (Å²) in [5.74, 6) is -0.758. The molecule has 1 aromatic rings. The number of aliphatic hydroxyl groups excluding tert-OH is 1. The Labute approximate surface area is 110 Å². The minimum absolute atomic E-state index is 0.0201. The molecular weight excluding hydrogens is 257 g/mol. The minimum atomic E-state index is -0.491. The quantitative estimate of drug-likeness (QED) is 0.808. The lowest BCUT2D eigenvalue weighted by molar-refractivity contribution is -0.116. The molecule has 0 saturated heterocycles. The Morgan fingerprint density at radius 1 is 1.61 bits per heavy atom. The highest BCUT2D eigenvalue weighted by atomic mass is 35.5. The van der Waals surface area contributed by atoms with E-state index in [2.05, 4.69) is 5.32 Å². The molecule has 0 radical (unpaired) electrons. The van der Waals surface area contributed by atoms with Gasteiger partial charge in [0.2, 0.25) is 5.91 Å². The molecule has 0 saturated carbocycles. The summed E-state index contributed by atoms with van der Waals surface area (Å²) in [6, 6.07) is 4.21. The van der Waals surface area contributed by atoms with E-state index in [1.54, 1.807) is 13.0 Å². The van der Waals surface area contributed by atoms with Gasteiger partial charge in [-0.05, 0) is 37.1 Å². The minimum Gasteiger partial charge on any atom is -0.393 e. The third-order valence-electron chi connectivity index (χ3n) is 2.23. The Morgan fingerprint density at radius 3 is 2.94 bits per heavy atom. The van der Waals surface area contributed by atoms with Crippen molar-refractivity contribution in [3.8, 4) is 0 Å². The van der Waals surface area contributed by atoms with Crippen molar-refractivity contribution in [1.29, 1.82) is 0 Å². The third kappa shape index (κ3) is 5.29. The molecular formula is C13H15ClFNO2. The van der Waals surface area contributed by atoms with Gasteiger partial charge in [-0.25, -0.2) is 4.39 Å². The van der Waals surface area contributed by atoms with Crippen molar-refractivity contribution in [1.82, 2.24) is 5.32 Å². The van der Waals surface area contributed by atoms with E-state index >= 15 is 0 Å². The van der Waals surface area contributed by atoms with Crippen molar-refractivity contribution in [3.63, 3.8) is 0 Å². The maximum atomic E-state index is 12.9. The van der Waals surface area contributed by atoms with Crippen molar-refractivity contribution in [2.45, 2.75) is 19.4 Å². The van der Waals surface area contributed by atoms with Gasteiger partial charge in [-0.3, -0.25) is 4.79 Å². The first kappa shape index (κ1) is 14.7. The number of benzene rings is 1. The van der Waals surface area contributed by atoms with Crippen molar-refractivity contribution in [3.05, 3.63) is 40.7 Å². The molecule has 3 nitrogen and oxygen atoms in total. The van der Waals surface area contributed by atoms with Gasteiger partial charge in [0.15, 0.2) is 0 Å².